The minimum absolute atomic E-state index is 0. The number of hydrogen-bond donors (Lipinski definition) is 5. The maximum atomic E-state index is 12.5. The number of rotatable bonds is 10. The van der Waals surface area contributed by atoms with E-state index < -0.39 is 23.9 Å². The molecule has 0 fully saturated rings. The number of nitrogens with two attached hydrogens (primary N) is 2. The van der Waals surface area contributed by atoms with Crippen molar-refractivity contribution >= 4 is 40.6 Å². The van der Waals surface area contributed by atoms with Gasteiger partial charge in [-0.05, 0) is 55.0 Å². The summed E-state index contributed by atoms with van der Waals surface area (Å²) in [4.78, 5) is 47.2. The second kappa shape index (κ2) is 11.7. The number of carboxylic acid groups (broad SMARTS) is 2. The quantitative estimate of drug-likeness (QED) is 0.276. The van der Waals surface area contributed by atoms with Crippen molar-refractivity contribution < 1.29 is 30.1 Å². The first-order chi connectivity index (χ1) is 16.2. The lowest BCUT2D eigenvalue weighted by atomic mass is 9.91. The summed E-state index contributed by atoms with van der Waals surface area (Å²) >= 11 is 0. The number of benzene rings is 1. The molecule has 2 heterocycles. The lowest BCUT2D eigenvalue weighted by Crippen LogP contribution is -2.41. The molecule has 9 N–H and O–H groups in total. The van der Waals surface area contributed by atoms with Gasteiger partial charge in [-0.25, -0.2) is 14.8 Å². The largest absolute Gasteiger partial charge is 0.481 e. The SMILES string of the molecule is CCC(Cc1ccc2nc(N)nc(N)c2n1)c1ccc(C(=O)N[C@@H](CCC(=O)O)C(=O)O)cc1.O. The molecule has 0 aliphatic carbocycles. The van der Waals surface area contributed by atoms with Gasteiger partial charge in [-0.3, -0.25) is 9.59 Å². The zero-order valence-electron chi connectivity index (χ0n) is 19.1. The van der Waals surface area contributed by atoms with Gasteiger partial charge < -0.3 is 32.5 Å². The normalized spacial score (nSPS) is 12.4. The third-order valence-corrected chi connectivity index (χ3v) is 5.49. The van der Waals surface area contributed by atoms with Gasteiger partial charge in [0, 0.05) is 17.7 Å². The van der Waals surface area contributed by atoms with E-state index in [-0.39, 0.29) is 41.6 Å². The first kappa shape index (κ1) is 26.9. The average Bonchev–Trinajstić information content (AvgIpc) is 2.80. The van der Waals surface area contributed by atoms with Crippen LogP contribution in [0.25, 0.3) is 11.0 Å². The lowest BCUT2D eigenvalue weighted by molar-refractivity contribution is -0.140. The number of pyridine rings is 1. The molecule has 0 saturated carbocycles. The zero-order chi connectivity index (χ0) is 24.8. The molecule has 1 amide bonds. The molecule has 186 valence electrons. The predicted octanol–water partition coefficient (Wildman–Crippen LogP) is 1.15. The number of carbonyl (C=O) groups is 3. The highest BCUT2D eigenvalue weighted by molar-refractivity contribution is 5.96. The first-order valence-electron chi connectivity index (χ1n) is 10.7. The highest BCUT2D eigenvalue weighted by Gasteiger charge is 2.22. The van der Waals surface area contributed by atoms with Crippen LogP contribution in [0.4, 0.5) is 11.8 Å². The number of carbonyl (C=O) groups excluding carboxylic acids is 1. The van der Waals surface area contributed by atoms with E-state index in [4.69, 9.17) is 16.6 Å². The third-order valence-electron chi connectivity index (χ3n) is 5.49. The van der Waals surface area contributed by atoms with Crippen LogP contribution >= 0.6 is 0 Å². The van der Waals surface area contributed by atoms with Crippen LogP contribution in [0.15, 0.2) is 36.4 Å². The minimum atomic E-state index is -1.28. The summed E-state index contributed by atoms with van der Waals surface area (Å²) in [5.41, 5.74) is 14.7. The van der Waals surface area contributed by atoms with Crippen molar-refractivity contribution in [3.63, 3.8) is 0 Å². The van der Waals surface area contributed by atoms with Gasteiger partial charge in [0.25, 0.3) is 5.91 Å². The van der Waals surface area contributed by atoms with Crippen LogP contribution in [0.1, 0.15) is 53.7 Å². The second-order valence-corrected chi connectivity index (χ2v) is 7.87. The van der Waals surface area contributed by atoms with Crippen LogP contribution in [-0.4, -0.2) is 54.5 Å². The van der Waals surface area contributed by atoms with Crippen LogP contribution < -0.4 is 16.8 Å². The minimum Gasteiger partial charge on any atom is -0.481 e. The third kappa shape index (κ3) is 6.84. The Morgan fingerprint density at radius 3 is 2.29 bits per heavy atom. The van der Waals surface area contributed by atoms with E-state index in [2.05, 4.69) is 20.3 Å². The smallest absolute Gasteiger partial charge is 0.326 e. The van der Waals surface area contributed by atoms with E-state index in [0.29, 0.717) is 17.5 Å². The number of nitrogen functional groups attached to an aromatic ring is 2. The molecule has 1 aromatic carbocycles. The van der Waals surface area contributed by atoms with E-state index in [1.54, 1.807) is 18.2 Å². The van der Waals surface area contributed by atoms with Crippen molar-refractivity contribution in [1.29, 1.82) is 0 Å². The van der Waals surface area contributed by atoms with Crippen LogP contribution in [-0.2, 0) is 16.0 Å². The van der Waals surface area contributed by atoms with Crippen LogP contribution in [0.2, 0.25) is 0 Å². The molecule has 0 saturated heterocycles. The predicted molar refractivity (Wildman–Crippen MR) is 129 cm³/mol. The number of amides is 1. The van der Waals surface area contributed by atoms with Crippen LogP contribution in [0, 0.1) is 0 Å². The molecule has 2 aromatic heterocycles. The first-order valence-corrected chi connectivity index (χ1v) is 10.7. The Balaban J connectivity index is 0.00000432. The van der Waals surface area contributed by atoms with Crippen molar-refractivity contribution in [2.45, 2.75) is 44.6 Å². The molecule has 3 aromatic rings. The van der Waals surface area contributed by atoms with Gasteiger partial charge in [0.2, 0.25) is 5.95 Å². The number of hydrogen-bond acceptors (Lipinski definition) is 8. The van der Waals surface area contributed by atoms with Gasteiger partial charge in [0.05, 0.1) is 5.52 Å². The summed E-state index contributed by atoms with van der Waals surface area (Å²) in [5, 5.41) is 20.4. The fraction of sp³-hybridized carbons (Fsp3) is 0.304. The van der Waals surface area contributed by atoms with Crippen molar-refractivity contribution in [3.8, 4) is 0 Å². The van der Waals surface area contributed by atoms with Crippen molar-refractivity contribution in [1.82, 2.24) is 20.3 Å². The summed E-state index contributed by atoms with van der Waals surface area (Å²) in [7, 11) is 0. The van der Waals surface area contributed by atoms with Gasteiger partial charge >= 0.3 is 11.9 Å². The zero-order valence-corrected chi connectivity index (χ0v) is 19.1. The highest BCUT2D eigenvalue weighted by atomic mass is 16.4. The Bertz CT molecular complexity index is 1220. The molecule has 3 rings (SSSR count). The number of aromatic nitrogens is 3. The van der Waals surface area contributed by atoms with Crippen molar-refractivity contribution in [2.24, 2.45) is 0 Å². The molecular weight excluding hydrogens is 456 g/mol. The summed E-state index contributed by atoms with van der Waals surface area (Å²) < 4.78 is 0. The standard InChI is InChI=1S/C23H26N6O5.H2O/c1-2-12(11-15-7-8-16-19(26-15)20(24)29-23(25)28-16)13-3-5-14(6-4-13)21(32)27-17(22(33)34)9-10-18(30)31;/h3-8,12,17H,2,9-11H2,1H3,(H,27,32)(H,30,31)(H,33,34)(H4,24,25,28,29);1H2/t12?,17-;/m0./s1. The van der Waals surface area contributed by atoms with Crippen LogP contribution in [0.3, 0.4) is 0 Å². The Hall–Kier alpha value is -4.32. The molecule has 0 bridgehead atoms. The van der Waals surface area contributed by atoms with Crippen molar-refractivity contribution in [2.75, 3.05) is 11.5 Å². The fourth-order valence-electron chi connectivity index (χ4n) is 3.63. The summed E-state index contributed by atoms with van der Waals surface area (Å²) in [6.45, 7) is 2.05. The van der Waals surface area contributed by atoms with Crippen molar-refractivity contribution in [3.05, 3.63) is 53.2 Å². The Morgan fingerprint density at radius 1 is 1.00 bits per heavy atom. The Morgan fingerprint density at radius 2 is 1.69 bits per heavy atom. The van der Waals surface area contributed by atoms with Gasteiger partial charge in [-0.1, -0.05) is 19.1 Å². The average molecular weight is 485 g/mol. The number of nitrogens with zero attached hydrogens (tertiary/aromatic N) is 3. The molecule has 2 atom stereocenters. The monoisotopic (exact) mass is 484 g/mol. The Labute approximate surface area is 200 Å². The number of anilines is 2. The Kier molecular flexibility index (Phi) is 9.00. The van der Waals surface area contributed by atoms with E-state index in [1.165, 1.54) is 0 Å². The summed E-state index contributed by atoms with van der Waals surface area (Å²) in [6.07, 6.45) is 0.878. The molecule has 0 aliphatic rings. The van der Waals surface area contributed by atoms with E-state index in [1.807, 2.05) is 25.1 Å². The van der Waals surface area contributed by atoms with E-state index in [0.717, 1.165) is 17.7 Å². The van der Waals surface area contributed by atoms with E-state index in [9.17, 15) is 19.5 Å². The highest BCUT2D eigenvalue weighted by Crippen LogP contribution is 2.26. The van der Waals surface area contributed by atoms with Gasteiger partial charge in [0.15, 0.2) is 5.82 Å². The fourth-order valence-corrected chi connectivity index (χ4v) is 3.63. The molecule has 12 nitrogen and oxygen atoms in total. The second-order valence-electron chi connectivity index (χ2n) is 7.87. The molecular formula is C23H28N6O6. The number of fused-ring (bicyclic) bond motifs is 1. The maximum Gasteiger partial charge on any atom is 0.326 e. The molecule has 1 unspecified atom stereocenters. The molecule has 0 radical (unpaired) electrons. The van der Waals surface area contributed by atoms with E-state index >= 15 is 0 Å². The van der Waals surface area contributed by atoms with Crippen LogP contribution in [0.5, 0.6) is 0 Å². The number of carboxylic acids is 2. The summed E-state index contributed by atoms with van der Waals surface area (Å²) in [6, 6.07) is 9.25. The summed E-state index contributed by atoms with van der Waals surface area (Å²) in [5.74, 6) is -2.57. The molecule has 35 heavy (non-hydrogen) atoms. The molecule has 12 heteroatoms. The van der Waals surface area contributed by atoms with Gasteiger partial charge in [-0.15, -0.1) is 0 Å². The number of aliphatic carboxylic acids is 2. The van der Waals surface area contributed by atoms with Gasteiger partial charge in [0.1, 0.15) is 11.6 Å². The lowest BCUT2D eigenvalue weighted by Gasteiger charge is -2.17. The topological polar surface area (TPSA) is 226 Å². The number of nitrogens with one attached hydrogen (secondary N) is 1. The molecule has 0 spiro atoms. The van der Waals surface area contributed by atoms with Gasteiger partial charge in [-0.2, -0.15) is 4.98 Å². The molecule has 0 aliphatic heterocycles. The maximum absolute atomic E-state index is 12.5.